The monoisotopic (exact) mass is 1120 g/mol. The van der Waals surface area contributed by atoms with Crippen LogP contribution in [-0.2, 0) is 19.1 Å². The molecule has 9 nitrogen and oxygen atoms in total. The number of carbonyl (C=O) groups is 2. The van der Waals surface area contributed by atoms with Crippen molar-refractivity contribution in [2.24, 2.45) is 0 Å². The fourth-order valence-electron chi connectivity index (χ4n) is 11.2. The molecular formula is C70H142N4O5. The Morgan fingerprint density at radius 1 is 0.316 bits per heavy atom. The summed E-state index contributed by atoms with van der Waals surface area (Å²) in [5, 5.41) is 18.3. The molecule has 0 amide bonds. The van der Waals surface area contributed by atoms with E-state index in [0.717, 1.165) is 90.8 Å². The Balaban J connectivity index is 4.87. The summed E-state index contributed by atoms with van der Waals surface area (Å²) in [6, 6.07) is 0. The normalized spacial score (nSPS) is 12.1. The SMILES string of the molecule is CCCCCCCCCCCCCCN(CCCCN(CCCCCCCCCCCCCC)CC(O)CNCCCC(=O)OCCCCCCCCCCCC)CCCNCCCC(=O)OCCCCCCCCCCCC. The molecule has 0 spiro atoms. The molecule has 9 heteroatoms. The molecule has 79 heavy (non-hydrogen) atoms. The lowest BCUT2D eigenvalue weighted by atomic mass is 10.1. The topological polar surface area (TPSA) is 103 Å². The maximum absolute atomic E-state index is 12.4. The minimum absolute atomic E-state index is 0.0367. The maximum atomic E-state index is 12.4. The molecule has 0 fully saturated rings. The number of rotatable bonds is 69. The average molecular weight is 1120 g/mol. The maximum Gasteiger partial charge on any atom is 0.305 e. The molecule has 472 valence electrons. The van der Waals surface area contributed by atoms with Crippen molar-refractivity contribution in [1.29, 1.82) is 0 Å². The van der Waals surface area contributed by atoms with Crippen LogP contribution in [0.15, 0.2) is 0 Å². The van der Waals surface area contributed by atoms with Gasteiger partial charge in [-0.25, -0.2) is 0 Å². The Hall–Kier alpha value is -1.26. The van der Waals surface area contributed by atoms with Gasteiger partial charge in [0, 0.05) is 25.9 Å². The molecule has 0 aromatic rings. The lowest BCUT2D eigenvalue weighted by molar-refractivity contribution is -0.144. The van der Waals surface area contributed by atoms with E-state index in [1.165, 1.54) is 276 Å². The van der Waals surface area contributed by atoms with Gasteiger partial charge in [0.15, 0.2) is 0 Å². The van der Waals surface area contributed by atoms with Crippen LogP contribution in [0.3, 0.4) is 0 Å². The molecule has 1 unspecified atom stereocenters. The predicted molar refractivity (Wildman–Crippen MR) is 345 cm³/mol. The molecule has 0 bridgehead atoms. The van der Waals surface area contributed by atoms with Crippen molar-refractivity contribution in [3.63, 3.8) is 0 Å². The number of aliphatic hydroxyl groups excluding tert-OH is 1. The zero-order chi connectivity index (χ0) is 57.3. The van der Waals surface area contributed by atoms with Gasteiger partial charge in [-0.15, -0.1) is 0 Å². The smallest absolute Gasteiger partial charge is 0.305 e. The van der Waals surface area contributed by atoms with E-state index in [1.807, 2.05) is 0 Å². The zero-order valence-corrected chi connectivity index (χ0v) is 54.1. The van der Waals surface area contributed by atoms with E-state index >= 15 is 0 Å². The molecule has 1 atom stereocenters. The molecular weight excluding hydrogens is 977 g/mol. The lowest BCUT2D eigenvalue weighted by Gasteiger charge is -2.27. The summed E-state index contributed by atoms with van der Waals surface area (Å²) < 4.78 is 11.1. The van der Waals surface area contributed by atoms with E-state index in [4.69, 9.17) is 9.47 Å². The number of hydrogen-bond donors (Lipinski definition) is 3. The third kappa shape index (κ3) is 64.2. The molecule has 0 aromatic carbocycles. The second-order valence-electron chi connectivity index (χ2n) is 24.6. The Bertz CT molecular complexity index is 1180. The number of carbonyl (C=O) groups excluding carboxylic acids is 2. The Morgan fingerprint density at radius 3 is 0.911 bits per heavy atom. The van der Waals surface area contributed by atoms with E-state index in [-0.39, 0.29) is 11.9 Å². The van der Waals surface area contributed by atoms with Crippen LogP contribution in [-0.4, -0.2) is 112 Å². The van der Waals surface area contributed by atoms with Crippen LogP contribution in [0.1, 0.15) is 355 Å². The van der Waals surface area contributed by atoms with Crippen molar-refractivity contribution >= 4 is 11.9 Å². The van der Waals surface area contributed by atoms with Gasteiger partial charge in [-0.3, -0.25) is 9.59 Å². The fraction of sp³-hybridized carbons (Fsp3) is 0.971. The Morgan fingerprint density at radius 2 is 0.570 bits per heavy atom. The second-order valence-corrected chi connectivity index (χ2v) is 24.6. The van der Waals surface area contributed by atoms with Gasteiger partial charge in [0.05, 0.1) is 19.3 Å². The summed E-state index contributed by atoms with van der Waals surface area (Å²) in [6.45, 7) is 19.7. The van der Waals surface area contributed by atoms with Crippen LogP contribution in [0, 0.1) is 0 Å². The summed E-state index contributed by atoms with van der Waals surface area (Å²) in [4.78, 5) is 30.0. The highest BCUT2D eigenvalue weighted by atomic mass is 16.5. The summed E-state index contributed by atoms with van der Waals surface area (Å²) in [6.07, 6.45) is 64.2. The summed E-state index contributed by atoms with van der Waals surface area (Å²) >= 11 is 0. The molecule has 0 saturated heterocycles. The highest BCUT2D eigenvalue weighted by Crippen LogP contribution is 2.16. The molecule has 0 aliphatic heterocycles. The van der Waals surface area contributed by atoms with Crippen molar-refractivity contribution in [2.45, 2.75) is 361 Å². The number of aliphatic hydroxyl groups is 1. The van der Waals surface area contributed by atoms with Gasteiger partial charge in [0.25, 0.3) is 0 Å². The van der Waals surface area contributed by atoms with Gasteiger partial charge < -0.3 is 35.0 Å². The first-order valence-corrected chi connectivity index (χ1v) is 35.8. The van der Waals surface area contributed by atoms with Gasteiger partial charge in [-0.05, 0) is 110 Å². The van der Waals surface area contributed by atoms with Gasteiger partial charge >= 0.3 is 11.9 Å². The summed E-state index contributed by atoms with van der Waals surface area (Å²) in [7, 11) is 0. The number of unbranched alkanes of at least 4 members (excludes halogenated alkanes) is 41. The van der Waals surface area contributed by atoms with Crippen LogP contribution < -0.4 is 10.6 Å². The molecule has 0 radical (unpaired) electrons. The second kappa shape index (κ2) is 67.5. The first-order chi connectivity index (χ1) is 39.0. The van der Waals surface area contributed by atoms with E-state index < -0.39 is 6.10 Å². The molecule has 0 aliphatic carbocycles. The molecule has 0 heterocycles. The van der Waals surface area contributed by atoms with Gasteiger partial charge in [-0.2, -0.15) is 0 Å². The highest BCUT2D eigenvalue weighted by Gasteiger charge is 2.14. The van der Waals surface area contributed by atoms with Gasteiger partial charge in [-0.1, -0.05) is 285 Å². The standard InChI is InChI=1S/C70H142N4O5/c1-5-9-13-17-21-25-29-31-33-37-41-45-59-73(63-53-58-71-56-51-54-69(76)78-64-49-43-39-35-27-23-19-15-11-7-3)60-47-48-62-74(61-46-42-38-34-32-30-26-22-18-14-10-6-2)67-68(75)66-72-57-52-55-70(77)79-65-50-44-40-36-28-24-20-16-12-8-4/h68,71-72,75H,5-67H2,1-4H3. The fourth-order valence-corrected chi connectivity index (χ4v) is 11.2. The van der Waals surface area contributed by atoms with Crippen LogP contribution in [0.5, 0.6) is 0 Å². The van der Waals surface area contributed by atoms with Crippen LogP contribution in [0.25, 0.3) is 0 Å². The zero-order valence-electron chi connectivity index (χ0n) is 54.1. The van der Waals surface area contributed by atoms with Crippen LogP contribution in [0.4, 0.5) is 0 Å². The minimum atomic E-state index is -0.421. The molecule has 0 saturated carbocycles. The van der Waals surface area contributed by atoms with E-state index in [2.05, 4.69) is 48.1 Å². The number of ether oxygens (including phenoxy) is 2. The Labute approximate surface area is 494 Å². The number of esters is 2. The molecule has 0 aliphatic rings. The van der Waals surface area contributed by atoms with Crippen LogP contribution in [0.2, 0.25) is 0 Å². The largest absolute Gasteiger partial charge is 0.466 e. The van der Waals surface area contributed by atoms with Crippen molar-refractivity contribution < 1.29 is 24.2 Å². The number of nitrogens with one attached hydrogen (secondary N) is 2. The first-order valence-electron chi connectivity index (χ1n) is 35.8. The van der Waals surface area contributed by atoms with Crippen molar-refractivity contribution in [1.82, 2.24) is 20.4 Å². The highest BCUT2D eigenvalue weighted by molar-refractivity contribution is 5.69. The van der Waals surface area contributed by atoms with Crippen LogP contribution >= 0.6 is 0 Å². The van der Waals surface area contributed by atoms with Gasteiger partial charge in [0.1, 0.15) is 0 Å². The van der Waals surface area contributed by atoms with E-state index in [0.29, 0.717) is 39.1 Å². The van der Waals surface area contributed by atoms with Gasteiger partial charge in [0.2, 0.25) is 0 Å². The molecule has 3 N–H and O–H groups in total. The lowest BCUT2D eigenvalue weighted by Crippen LogP contribution is -2.39. The third-order valence-electron chi connectivity index (χ3n) is 16.5. The van der Waals surface area contributed by atoms with Crippen molar-refractivity contribution in [2.75, 3.05) is 78.7 Å². The van der Waals surface area contributed by atoms with E-state index in [9.17, 15) is 14.7 Å². The third-order valence-corrected chi connectivity index (χ3v) is 16.5. The minimum Gasteiger partial charge on any atom is -0.466 e. The van der Waals surface area contributed by atoms with Crippen molar-refractivity contribution in [3.8, 4) is 0 Å². The number of nitrogens with zero attached hydrogens (tertiary/aromatic N) is 2. The van der Waals surface area contributed by atoms with E-state index in [1.54, 1.807) is 0 Å². The summed E-state index contributed by atoms with van der Waals surface area (Å²) in [5.41, 5.74) is 0. The first kappa shape index (κ1) is 77.7. The quantitative estimate of drug-likeness (QED) is 0.0406. The average Bonchev–Trinajstić information content (AvgIpc) is 3.44. The Kier molecular flexibility index (Phi) is 66.5. The predicted octanol–water partition coefficient (Wildman–Crippen LogP) is 19.2. The molecule has 0 aromatic heterocycles. The molecule has 0 rings (SSSR count). The number of hydrogen-bond acceptors (Lipinski definition) is 9. The summed E-state index contributed by atoms with van der Waals surface area (Å²) in [5.74, 6) is -0.123. The van der Waals surface area contributed by atoms with Crippen molar-refractivity contribution in [3.05, 3.63) is 0 Å².